The van der Waals surface area contributed by atoms with E-state index in [0.29, 0.717) is 6.54 Å². The lowest BCUT2D eigenvalue weighted by Crippen LogP contribution is -2.39. The lowest BCUT2D eigenvalue weighted by Gasteiger charge is -2.21. The lowest BCUT2D eigenvalue weighted by atomic mass is 10.2. The van der Waals surface area contributed by atoms with Crippen LogP contribution in [0.4, 0.5) is 0 Å². The topological polar surface area (TPSA) is 53.7 Å². The van der Waals surface area contributed by atoms with E-state index in [4.69, 9.17) is 4.52 Å². The summed E-state index contributed by atoms with van der Waals surface area (Å²) in [6.45, 7) is 5.25. The molecule has 0 radical (unpaired) electrons. The molecule has 1 aromatic carbocycles. The molecule has 2 rings (SSSR count). The Morgan fingerprint density at radius 1 is 1.39 bits per heavy atom. The average molecular weight is 312 g/mol. The first-order valence-electron chi connectivity index (χ1n) is 7.78. The van der Waals surface area contributed by atoms with Crippen molar-refractivity contribution in [3.8, 4) is 11.3 Å². The zero-order valence-corrected chi connectivity index (χ0v) is 13.8. The summed E-state index contributed by atoms with van der Waals surface area (Å²) in [7, 11) is 3.81. The summed E-state index contributed by atoms with van der Waals surface area (Å²) in [6, 6.07) is 11.9. The summed E-state index contributed by atoms with van der Waals surface area (Å²) in [5.74, 6) is 1.62. The first-order chi connectivity index (χ1) is 11.2. The van der Waals surface area contributed by atoms with Crippen LogP contribution >= 0.6 is 0 Å². The molecule has 0 aliphatic carbocycles. The Balaban J connectivity index is 1.90. The molecule has 0 aliphatic rings. The number of allylic oxidation sites excluding steroid dienone is 1. The third-order valence-electron chi connectivity index (χ3n) is 3.52. The van der Waals surface area contributed by atoms with E-state index < -0.39 is 0 Å². The fourth-order valence-electron chi connectivity index (χ4n) is 2.27. The number of guanidine groups is 1. The molecule has 122 valence electrons. The second kappa shape index (κ2) is 8.78. The number of hydrogen-bond donors (Lipinski definition) is 1. The van der Waals surface area contributed by atoms with Gasteiger partial charge in [0, 0.05) is 32.3 Å². The highest BCUT2D eigenvalue weighted by Gasteiger charge is 2.09. The van der Waals surface area contributed by atoms with Gasteiger partial charge in [0.2, 0.25) is 0 Å². The van der Waals surface area contributed by atoms with Crippen molar-refractivity contribution < 1.29 is 4.52 Å². The van der Waals surface area contributed by atoms with Gasteiger partial charge in [-0.25, -0.2) is 0 Å². The standard InChI is InChI=1S/C18H24N4O/c1-4-5-9-12-22(3)18(19-2)20-14-16-13-17(23-21-16)15-10-7-6-8-11-15/h4,6-8,10-11,13H,1,5,9,12,14H2,2-3H3,(H,19,20). The molecule has 0 spiro atoms. The Hall–Kier alpha value is -2.56. The highest BCUT2D eigenvalue weighted by Crippen LogP contribution is 2.19. The minimum absolute atomic E-state index is 0.578. The Labute approximate surface area is 137 Å². The molecule has 5 nitrogen and oxygen atoms in total. The van der Waals surface area contributed by atoms with Crippen LogP contribution in [-0.2, 0) is 6.54 Å². The normalized spacial score (nSPS) is 11.3. The monoisotopic (exact) mass is 312 g/mol. The van der Waals surface area contributed by atoms with E-state index in [1.165, 1.54) is 0 Å². The van der Waals surface area contributed by atoms with E-state index in [0.717, 1.165) is 42.4 Å². The van der Waals surface area contributed by atoms with Gasteiger partial charge in [-0.1, -0.05) is 41.6 Å². The quantitative estimate of drug-likeness (QED) is 0.369. The van der Waals surface area contributed by atoms with Gasteiger partial charge in [-0.2, -0.15) is 0 Å². The van der Waals surface area contributed by atoms with E-state index in [9.17, 15) is 0 Å². The third-order valence-corrected chi connectivity index (χ3v) is 3.52. The maximum atomic E-state index is 5.40. The van der Waals surface area contributed by atoms with Crippen LogP contribution in [0, 0.1) is 0 Å². The van der Waals surface area contributed by atoms with Gasteiger partial charge in [0.05, 0.1) is 6.54 Å². The molecule has 0 atom stereocenters. The molecule has 5 heteroatoms. The zero-order chi connectivity index (χ0) is 16.5. The molecule has 0 amide bonds. The van der Waals surface area contributed by atoms with E-state index in [2.05, 4.69) is 26.9 Å². The van der Waals surface area contributed by atoms with Gasteiger partial charge in [0.1, 0.15) is 5.69 Å². The summed E-state index contributed by atoms with van der Waals surface area (Å²) in [6.07, 6.45) is 4.00. The fraction of sp³-hybridized carbons (Fsp3) is 0.333. The zero-order valence-electron chi connectivity index (χ0n) is 13.8. The van der Waals surface area contributed by atoms with Crippen LogP contribution in [0.5, 0.6) is 0 Å². The smallest absolute Gasteiger partial charge is 0.193 e. The Morgan fingerprint density at radius 3 is 2.87 bits per heavy atom. The van der Waals surface area contributed by atoms with Crippen LogP contribution < -0.4 is 5.32 Å². The molecular weight excluding hydrogens is 288 g/mol. The van der Waals surface area contributed by atoms with Crippen molar-refractivity contribution in [2.45, 2.75) is 19.4 Å². The molecule has 0 saturated heterocycles. The van der Waals surface area contributed by atoms with Gasteiger partial charge in [-0.3, -0.25) is 4.99 Å². The number of hydrogen-bond acceptors (Lipinski definition) is 3. The molecule has 0 saturated carbocycles. The molecule has 0 aliphatic heterocycles. The van der Waals surface area contributed by atoms with E-state index in [-0.39, 0.29) is 0 Å². The fourth-order valence-corrected chi connectivity index (χ4v) is 2.27. The first kappa shape index (κ1) is 16.8. The number of aliphatic imine (C=N–C) groups is 1. The average Bonchev–Trinajstić information content (AvgIpc) is 3.05. The molecule has 0 unspecified atom stereocenters. The number of aromatic nitrogens is 1. The summed E-state index contributed by atoms with van der Waals surface area (Å²) in [4.78, 5) is 6.39. The van der Waals surface area contributed by atoms with Gasteiger partial charge in [0.25, 0.3) is 0 Å². The number of nitrogens with one attached hydrogen (secondary N) is 1. The first-order valence-corrected chi connectivity index (χ1v) is 7.78. The minimum Gasteiger partial charge on any atom is -0.356 e. The van der Waals surface area contributed by atoms with Gasteiger partial charge in [-0.15, -0.1) is 6.58 Å². The molecule has 0 fully saturated rings. The summed E-state index contributed by atoms with van der Waals surface area (Å²) in [5.41, 5.74) is 1.88. The predicted octanol–water partition coefficient (Wildman–Crippen LogP) is 3.32. The van der Waals surface area contributed by atoms with E-state index in [1.807, 2.05) is 49.5 Å². The van der Waals surface area contributed by atoms with Crippen LogP contribution in [-0.4, -0.2) is 36.7 Å². The van der Waals surface area contributed by atoms with Crippen molar-refractivity contribution in [1.82, 2.24) is 15.4 Å². The van der Waals surface area contributed by atoms with Gasteiger partial charge >= 0.3 is 0 Å². The molecule has 2 aromatic rings. The molecule has 1 heterocycles. The van der Waals surface area contributed by atoms with Crippen LogP contribution in [0.3, 0.4) is 0 Å². The SMILES string of the molecule is C=CCCCN(C)C(=NC)NCc1cc(-c2ccccc2)on1. The van der Waals surface area contributed by atoms with Crippen molar-refractivity contribution in [2.75, 3.05) is 20.6 Å². The van der Waals surface area contributed by atoms with E-state index in [1.54, 1.807) is 7.05 Å². The van der Waals surface area contributed by atoms with Crippen molar-refractivity contribution in [3.05, 3.63) is 54.7 Å². The number of benzene rings is 1. The van der Waals surface area contributed by atoms with Crippen LogP contribution in [0.1, 0.15) is 18.5 Å². The second-order valence-corrected chi connectivity index (χ2v) is 5.30. The second-order valence-electron chi connectivity index (χ2n) is 5.30. The highest BCUT2D eigenvalue weighted by molar-refractivity contribution is 5.79. The summed E-state index contributed by atoms with van der Waals surface area (Å²) in [5, 5.41) is 7.41. The molecule has 0 bridgehead atoms. The molecule has 1 N–H and O–H groups in total. The van der Waals surface area contributed by atoms with Crippen LogP contribution in [0.2, 0.25) is 0 Å². The van der Waals surface area contributed by atoms with Gasteiger partial charge < -0.3 is 14.7 Å². The van der Waals surface area contributed by atoms with Crippen LogP contribution in [0.15, 0.2) is 58.6 Å². The van der Waals surface area contributed by atoms with Crippen molar-refractivity contribution in [3.63, 3.8) is 0 Å². The van der Waals surface area contributed by atoms with E-state index >= 15 is 0 Å². The lowest BCUT2D eigenvalue weighted by molar-refractivity contribution is 0.420. The highest BCUT2D eigenvalue weighted by atomic mass is 16.5. The Bertz CT molecular complexity index is 633. The summed E-state index contributed by atoms with van der Waals surface area (Å²) < 4.78 is 5.40. The predicted molar refractivity (Wildman–Crippen MR) is 94.2 cm³/mol. The van der Waals surface area contributed by atoms with Gasteiger partial charge in [-0.05, 0) is 12.8 Å². The number of unbranched alkanes of at least 4 members (excludes halogenated alkanes) is 1. The molecular formula is C18H24N4O. The minimum atomic E-state index is 0.578. The number of nitrogens with zero attached hydrogens (tertiary/aromatic N) is 3. The maximum Gasteiger partial charge on any atom is 0.193 e. The Morgan fingerprint density at radius 2 is 2.17 bits per heavy atom. The molecule has 23 heavy (non-hydrogen) atoms. The number of rotatable bonds is 7. The maximum absolute atomic E-state index is 5.40. The van der Waals surface area contributed by atoms with Crippen molar-refractivity contribution in [1.29, 1.82) is 0 Å². The molecule has 1 aromatic heterocycles. The summed E-state index contributed by atoms with van der Waals surface area (Å²) >= 11 is 0. The largest absolute Gasteiger partial charge is 0.356 e. The van der Waals surface area contributed by atoms with Crippen molar-refractivity contribution in [2.24, 2.45) is 4.99 Å². The van der Waals surface area contributed by atoms with Crippen molar-refractivity contribution >= 4 is 5.96 Å². The van der Waals surface area contributed by atoms with Crippen LogP contribution in [0.25, 0.3) is 11.3 Å². The Kier molecular flexibility index (Phi) is 6.41. The third kappa shape index (κ3) is 4.98. The van der Waals surface area contributed by atoms with Gasteiger partial charge in [0.15, 0.2) is 11.7 Å².